The van der Waals surface area contributed by atoms with E-state index < -0.39 is 0 Å². The Morgan fingerprint density at radius 3 is 2.08 bits per heavy atom. The first-order valence-corrected chi connectivity index (χ1v) is 4.87. The fraction of sp³-hybridized carbons (Fsp3) is 0.500. The van der Waals surface area contributed by atoms with Crippen molar-refractivity contribution in [3.05, 3.63) is 35.1 Å². The molecule has 1 rings (SSSR count). The molecule has 13 heavy (non-hydrogen) atoms. The maximum Gasteiger partial charge on any atom is 0.126 e. The third kappa shape index (κ3) is 3.58. The highest BCUT2D eigenvalue weighted by Gasteiger charge is 2.01. The van der Waals surface area contributed by atoms with Gasteiger partial charge in [-0.05, 0) is 30.0 Å². The van der Waals surface area contributed by atoms with E-state index in [4.69, 9.17) is 0 Å². The van der Waals surface area contributed by atoms with Gasteiger partial charge in [0.25, 0.3) is 0 Å². The summed E-state index contributed by atoms with van der Waals surface area (Å²) in [5.74, 6) is 0.307. The van der Waals surface area contributed by atoms with E-state index in [-0.39, 0.29) is 5.82 Å². The molecule has 0 nitrogen and oxygen atoms in total. The second-order valence-electron chi connectivity index (χ2n) is 3.16. The van der Waals surface area contributed by atoms with Gasteiger partial charge in [0.15, 0.2) is 0 Å². The van der Waals surface area contributed by atoms with Gasteiger partial charge in [-0.25, -0.2) is 4.39 Å². The Kier molecular flexibility index (Phi) is 5.36. The topological polar surface area (TPSA) is 0 Å². The Morgan fingerprint density at radius 1 is 1.15 bits per heavy atom. The molecule has 0 atom stereocenters. The molecule has 74 valence electrons. The van der Waals surface area contributed by atoms with E-state index in [1.54, 1.807) is 13.0 Å². The van der Waals surface area contributed by atoms with Gasteiger partial charge in [0.2, 0.25) is 0 Å². The Balaban J connectivity index is 0.000000671. The molecule has 1 aromatic rings. The van der Waals surface area contributed by atoms with Crippen LogP contribution in [0, 0.1) is 12.7 Å². The zero-order chi connectivity index (χ0) is 10.4. The van der Waals surface area contributed by atoms with Gasteiger partial charge in [0.1, 0.15) is 5.82 Å². The summed E-state index contributed by atoms with van der Waals surface area (Å²) in [5, 5.41) is 0. The minimum Gasteiger partial charge on any atom is -0.207 e. The number of aryl methyl sites for hydroxylation is 1. The van der Waals surface area contributed by atoms with Gasteiger partial charge in [-0.1, -0.05) is 39.8 Å². The van der Waals surface area contributed by atoms with Crippen LogP contribution in [0.3, 0.4) is 0 Å². The third-order valence-corrected chi connectivity index (χ3v) is 1.86. The van der Waals surface area contributed by atoms with Gasteiger partial charge in [0.05, 0.1) is 0 Å². The minimum atomic E-state index is -0.101. The highest BCUT2D eigenvalue weighted by atomic mass is 19.1. The molecule has 0 unspecified atom stereocenters. The summed E-state index contributed by atoms with van der Waals surface area (Å²) in [6.45, 7) is 9.90. The first-order valence-electron chi connectivity index (χ1n) is 4.87. The van der Waals surface area contributed by atoms with Crippen molar-refractivity contribution in [3.63, 3.8) is 0 Å². The molecule has 0 bridgehead atoms. The van der Waals surface area contributed by atoms with Crippen molar-refractivity contribution >= 4 is 0 Å². The highest BCUT2D eigenvalue weighted by Crippen LogP contribution is 2.16. The average Bonchev–Trinajstić information content (AvgIpc) is 2.13. The predicted octanol–water partition coefficient (Wildman–Crippen LogP) is 4.28. The van der Waals surface area contributed by atoms with Crippen LogP contribution < -0.4 is 0 Å². The van der Waals surface area contributed by atoms with Gasteiger partial charge in [-0.2, -0.15) is 0 Å². The fourth-order valence-corrected chi connectivity index (χ4v) is 0.968. The second kappa shape index (κ2) is 5.74. The number of hydrogen-bond donors (Lipinski definition) is 0. The van der Waals surface area contributed by atoms with Crippen molar-refractivity contribution in [3.8, 4) is 0 Å². The third-order valence-electron chi connectivity index (χ3n) is 1.86. The van der Waals surface area contributed by atoms with Crippen LogP contribution in [-0.2, 0) is 0 Å². The number of rotatable bonds is 1. The van der Waals surface area contributed by atoms with Crippen molar-refractivity contribution in [2.24, 2.45) is 0 Å². The molecule has 0 fully saturated rings. The predicted molar refractivity (Wildman–Crippen MR) is 56.6 cm³/mol. The lowest BCUT2D eigenvalue weighted by atomic mass is 10.0. The maximum absolute atomic E-state index is 12.9. The van der Waals surface area contributed by atoms with Crippen molar-refractivity contribution in [2.75, 3.05) is 0 Å². The van der Waals surface area contributed by atoms with E-state index in [2.05, 4.69) is 13.8 Å². The highest BCUT2D eigenvalue weighted by molar-refractivity contribution is 5.25. The van der Waals surface area contributed by atoms with Gasteiger partial charge in [0, 0.05) is 0 Å². The van der Waals surface area contributed by atoms with Crippen LogP contribution >= 0.6 is 0 Å². The normalized spacial score (nSPS) is 9.46. The Morgan fingerprint density at radius 2 is 1.69 bits per heavy atom. The molecule has 0 heterocycles. The summed E-state index contributed by atoms with van der Waals surface area (Å²) in [4.78, 5) is 0. The van der Waals surface area contributed by atoms with E-state index in [9.17, 15) is 4.39 Å². The molecule has 0 radical (unpaired) electrons. The summed E-state index contributed by atoms with van der Waals surface area (Å²) in [5.41, 5.74) is 1.78. The average molecular weight is 182 g/mol. The lowest BCUT2D eigenvalue weighted by molar-refractivity contribution is 0.614. The SMILES string of the molecule is CC.Cc1ccc(C(C)C)cc1F. The van der Waals surface area contributed by atoms with Crippen molar-refractivity contribution < 1.29 is 4.39 Å². The first-order chi connectivity index (χ1) is 6.11. The van der Waals surface area contributed by atoms with E-state index in [1.165, 1.54) is 0 Å². The molecule has 0 aliphatic heterocycles. The van der Waals surface area contributed by atoms with Crippen LogP contribution in [0.25, 0.3) is 0 Å². The number of hydrogen-bond acceptors (Lipinski definition) is 0. The molecular formula is C12H19F. The van der Waals surface area contributed by atoms with Crippen molar-refractivity contribution in [2.45, 2.75) is 40.5 Å². The zero-order valence-electron chi connectivity index (χ0n) is 9.19. The van der Waals surface area contributed by atoms with Crippen LogP contribution in [0.15, 0.2) is 18.2 Å². The summed E-state index contributed by atoms with van der Waals surface area (Å²) < 4.78 is 12.9. The minimum absolute atomic E-state index is 0.101. The summed E-state index contributed by atoms with van der Waals surface area (Å²) >= 11 is 0. The van der Waals surface area contributed by atoms with Crippen LogP contribution in [0.5, 0.6) is 0 Å². The van der Waals surface area contributed by atoms with E-state index in [0.717, 1.165) is 11.1 Å². The Bertz CT molecular complexity index is 251. The summed E-state index contributed by atoms with van der Waals surface area (Å²) in [7, 11) is 0. The number of halogens is 1. The van der Waals surface area contributed by atoms with Crippen LogP contribution in [-0.4, -0.2) is 0 Å². The van der Waals surface area contributed by atoms with Crippen LogP contribution in [0.1, 0.15) is 44.7 Å². The van der Waals surface area contributed by atoms with Crippen molar-refractivity contribution in [1.82, 2.24) is 0 Å². The van der Waals surface area contributed by atoms with Crippen LogP contribution in [0.2, 0.25) is 0 Å². The monoisotopic (exact) mass is 182 g/mol. The van der Waals surface area contributed by atoms with Gasteiger partial charge < -0.3 is 0 Å². The molecule has 0 N–H and O–H groups in total. The quantitative estimate of drug-likeness (QED) is 0.608. The lowest BCUT2D eigenvalue weighted by Crippen LogP contribution is -1.90. The zero-order valence-corrected chi connectivity index (χ0v) is 9.19. The molecule has 0 aliphatic carbocycles. The fourth-order valence-electron chi connectivity index (χ4n) is 0.968. The van der Waals surface area contributed by atoms with Crippen molar-refractivity contribution in [1.29, 1.82) is 0 Å². The molecule has 0 saturated heterocycles. The Labute approximate surface area is 80.8 Å². The maximum atomic E-state index is 12.9. The van der Waals surface area contributed by atoms with E-state index in [0.29, 0.717) is 5.92 Å². The van der Waals surface area contributed by atoms with E-state index in [1.807, 2.05) is 26.0 Å². The molecule has 0 saturated carbocycles. The molecule has 0 aliphatic rings. The molecule has 1 heteroatoms. The molecule has 0 spiro atoms. The lowest BCUT2D eigenvalue weighted by Gasteiger charge is -2.05. The molecule has 0 aromatic heterocycles. The molecule has 1 aromatic carbocycles. The van der Waals surface area contributed by atoms with E-state index >= 15 is 0 Å². The number of benzene rings is 1. The Hall–Kier alpha value is -0.850. The summed E-state index contributed by atoms with van der Waals surface area (Å²) in [6, 6.07) is 5.41. The standard InChI is InChI=1S/C10H13F.C2H6/c1-7(2)9-5-4-8(3)10(11)6-9;1-2/h4-7H,1-3H3;1-2H3. The van der Waals surface area contributed by atoms with Gasteiger partial charge in [-0.3, -0.25) is 0 Å². The summed E-state index contributed by atoms with van der Waals surface area (Å²) in [6.07, 6.45) is 0. The van der Waals surface area contributed by atoms with Gasteiger partial charge >= 0.3 is 0 Å². The second-order valence-corrected chi connectivity index (χ2v) is 3.16. The van der Waals surface area contributed by atoms with Gasteiger partial charge in [-0.15, -0.1) is 0 Å². The van der Waals surface area contributed by atoms with Crippen LogP contribution in [0.4, 0.5) is 4.39 Å². The smallest absolute Gasteiger partial charge is 0.126 e. The largest absolute Gasteiger partial charge is 0.207 e. The molecule has 0 amide bonds. The molecular weight excluding hydrogens is 163 g/mol. The first kappa shape index (κ1) is 12.2.